The van der Waals surface area contributed by atoms with Crippen LogP contribution >= 0.6 is 0 Å². The molecule has 3 rings (SSSR count). The Bertz CT molecular complexity index is 557. The molecule has 0 saturated carbocycles. The highest BCUT2D eigenvalue weighted by Crippen LogP contribution is 2.29. The maximum absolute atomic E-state index is 10.4. The third kappa shape index (κ3) is 1.85. The van der Waals surface area contributed by atoms with E-state index < -0.39 is 6.10 Å². The van der Waals surface area contributed by atoms with Crippen LogP contribution in [0.3, 0.4) is 0 Å². The van der Waals surface area contributed by atoms with Gasteiger partial charge in [0, 0.05) is 12.0 Å². The summed E-state index contributed by atoms with van der Waals surface area (Å²) in [6.45, 7) is 3.34. The van der Waals surface area contributed by atoms with Gasteiger partial charge in [-0.1, -0.05) is 25.1 Å². The van der Waals surface area contributed by atoms with E-state index in [1.165, 1.54) is 11.1 Å². The lowest BCUT2D eigenvalue weighted by Crippen LogP contribution is -2.02. The van der Waals surface area contributed by atoms with E-state index in [0.29, 0.717) is 13.2 Å². The first-order valence-corrected chi connectivity index (χ1v) is 6.23. The van der Waals surface area contributed by atoms with Gasteiger partial charge in [0.2, 0.25) is 0 Å². The highest BCUT2D eigenvalue weighted by atomic mass is 16.5. The smallest absolute Gasteiger partial charge is 0.109 e. The zero-order chi connectivity index (χ0) is 12.5. The number of fused-ring (bicyclic) bond motifs is 1. The Hall–Kier alpha value is -1.58. The molecule has 1 aliphatic rings. The van der Waals surface area contributed by atoms with Gasteiger partial charge in [-0.15, -0.1) is 0 Å². The summed E-state index contributed by atoms with van der Waals surface area (Å²) in [7, 11) is 0. The number of ether oxygens (including phenoxy) is 1. The monoisotopic (exact) mass is 244 g/mol. The molecule has 0 bridgehead atoms. The molecule has 1 aromatic heterocycles. The van der Waals surface area contributed by atoms with Gasteiger partial charge in [0.15, 0.2) is 0 Å². The van der Waals surface area contributed by atoms with Crippen LogP contribution in [0.2, 0.25) is 0 Å². The summed E-state index contributed by atoms with van der Waals surface area (Å²) in [5.74, 6) is 0.847. The second kappa shape index (κ2) is 4.59. The summed E-state index contributed by atoms with van der Waals surface area (Å²) in [5, 5.41) is 10.4. The number of hydrogen-bond acceptors (Lipinski definition) is 3. The largest absolute Gasteiger partial charge is 0.469 e. The van der Waals surface area contributed by atoms with Gasteiger partial charge in [-0.25, -0.2) is 0 Å². The Labute approximate surface area is 106 Å². The minimum Gasteiger partial charge on any atom is -0.469 e. The van der Waals surface area contributed by atoms with Crippen molar-refractivity contribution in [2.45, 2.75) is 32.7 Å². The average Bonchev–Trinajstić information content (AvgIpc) is 3.05. The highest BCUT2D eigenvalue weighted by molar-refractivity contribution is 5.38. The Morgan fingerprint density at radius 2 is 2.06 bits per heavy atom. The molecule has 18 heavy (non-hydrogen) atoms. The molecule has 0 radical (unpaired) electrons. The van der Waals surface area contributed by atoms with Crippen LogP contribution < -0.4 is 0 Å². The molecule has 0 amide bonds. The molecular weight excluding hydrogens is 228 g/mol. The van der Waals surface area contributed by atoms with Crippen molar-refractivity contribution in [3.63, 3.8) is 0 Å². The first-order chi connectivity index (χ1) is 8.79. The molecule has 1 N–H and O–H groups in total. The molecule has 1 aliphatic heterocycles. The van der Waals surface area contributed by atoms with Crippen LogP contribution in [0.5, 0.6) is 0 Å². The van der Waals surface area contributed by atoms with Gasteiger partial charge in [0.25, 0.3) is 0 Å². The standard InChI is InChI=1S/C15H16O3/c1-2-14-13(5-6-18-14)15(16)10-3-4-11-8-17-9-12(11)7-10/h3-7,15-16H,2,8-9H2,1H3. The van der Waals surface area contributed by atoms with Crippen LogP contribution in [0.25, 0.3) is 0 Å². The maximum atomic E-state index is 10.4. The van der Waals surface area contributed by atoms with E-state index >= 15 is 0 Å². The summed E-state index contributed by atoms with van der Waals surface area (Å²) in [6.07, 6.45) is 1.80. The molecule has 3 heteroatoms. The van der Waals surface area contributed by atoms with E-state index in [9.17, 15) is 5.11 Å². The molecule has 3 nitrogen and oxygen atoms in total. The summed E-state index contributed by atoms with van der Waals surface area (Å²) in [4.78, 5) is 0. The van der Waals surface area contributed by atoms with Gasteiger partial charge in [-0.2, -0.15) is 0 Å². The third-order valence-corrected chi connectivity index (χ3v) is 3.46. The van der Waals surface area contributed by atoms with Gasteiger partial charge >= 0.3 is 0 Å². The second-order valence-corrected chi connectivity index (χ2v) is 4.58. The van der Waals surface area contributed by atoms with Gasteiger partial charge in [0.1, 0.15) is 11.9 Å². The molecule has 2 aromatic rings. The zero-order valence-corrected chi connectivity index (χ0v) is 10.3. The lowest BCUT2D eigenvalue weighted by atomic mass is 9.98. The van der Waals surface area contributed by atoms with Gasteiger partial charge in [-0.05, 0) is 22.8 Å². The predicted molar refractivity (Wildman–Crippen MR) is 67.1 cm³/mol. The third-order valence-electron chi connectivity index (χ3n) is 3.46. The van der Waals surface area contributed by atoms with Crippen molar-refractivity contribution in [1.82, 2.24) is 0 Å². The molecule has 1 aromatic carbocycles. The minimum atomic E-state index is -0.621. The number of furan rings is 1. The zero-order valence-electron chi connectivity index (χ0n) is 10.3. The van der Waals surface area contributed by atoms with Crippen molar-refractivity contribution in [3.8, 4) is 0 Å². The first-order valence-electron chi connectivity index (χ1n) is 6.23. The Balaban J connectivity index is 1.95. The molecule has 0 fully saturated rings. The van der Waals surface area contributed by atoms with Gasteiger partial charge in [0.05, 0.1) is 19.5 Å². The molecule has 1 unspecified atom stereocenters. The van der Waals surface area contributed by atoms with Crippen molar-refractivity contribution >= 4 is 0 Å². The summed E-state index contributed by atoms with van der Waals surface area (Å²) in [5.41, 5.74) is 4.15. The van der Waals surface area contributed by atoms with Gasteiger partial charge in [-0.3, -0.25) is 0 Å². The van der Waals surface area contributed by atoms with Crippen molar-refractivity contribution in [2.75, 3.05) is 0 Å². The first kappa shape index (κ1) is 11.5. The SMILES string of the molecule is CCc1occc1C(O)c1ccc2c(c1)COC2. The van der Waals surface area contributed by atoms with Crippen molar-refractivity contribution in [3.05, 3.63) is 58.5 Å². The van der Waals surface area contributed by atoms with Crippen LogP contribution in [-0.2, 0) is 24.4 Å². The van der Waals surface area contributed by atoms with Crippen molar-refractivity contribution < 1.29 is 14.3 Å². The lowest BCUT2D eigenvalue weighted by molar-refractivity contribution is 0.134. The van der Waals surface area contributed by atoms with Crippen LogP contribution in [0.4, 0.5) is 0 Å². The maximum Gasteiger partial charge on any atom is 0.109 e. The number of aliphatic hydroxyl groups is 1. The Kier molecular flexibility index (Phi) is 2.94. The van der Waals surface area contributed by atoms with E-state index in [4.69, 9.17) is 9.15 Å². The van der Waals surface area contributed by atoms with Crippen LogP contribution in [0, 0.1) is 0 Å². The summed E-state index contributed by atoms with van der Waals surface area (Å²) < 4.78 is 10.7. The minimum absolute atomic E-state index is 0.621. The quantitative estimate of drug-likeness (QED) is 0.902. The summed E-state index contributed by atoms with van der Waals surface area (Å²) in [6, 6.07) is 7.86. The highest BCUT2D eigenvalue weighted by Gasteiger charge is 2.19. The van der Waals surface area contributed by atoms with Crippen molar-refractivity contribution in [2.24, 2.45) is 0 Å². The fourth-order valence-corrected chi connectivity index (χ4v) is 2.42. The van der Waals surface area contributed by atoms with Crippen molar-refractivity contribution in [1.29, 1.82) is 0 Å². The average molecular weight is 244 g/mol. The number of aliphatic hydroxyl groups excluding tert-OH is 1. The summed E-state index contributed by atoms with van der Waals surface area (Å²) >= 11 is 0. The van der Waals surface area contributed by atoms with Crippen LogP contribution in [0.1, 0.15) is 41.0 Å². The molecule has 1 atom stereocenters. The number of rotatable bonds is 3. The molecule has 2 heterocycles. The number of aryl methyl sites for hydroxylation is 1. The van der Waals surface area contributed by atoms with Gasteiger partial charge < -0.3 is 14.3 Å². The van der Waals surface area contributed by atoms with E-state index in [1.807, 2.05) is 31.2 Å². The predicted octanol–water partition coefficient (Wildman–Crippen LogP) is 2.95. The topological polar surface area (TPSA) is 42.6 Å². The second-order valence-electron chi connectivity index (χ2n) is 4.58. The molecule has 0 saturated heterocycles. The van der Waals surface area contributed by atoms with E-state index in [2.05, 4.69) is 0 Å². The Morgan fingerprint density at radius 1 is 1.22 bits per heavy atom. The fraction of sp³-hybridized carbons (Fsp3) is 0.333. The number of hydrogen-bond donors (Lipinski definition) is 1. The molecule has 0 spiro atoms. The lowest BCUT2D eigenvalue weighted by Gasteiger charge is -2.12. The normalized spacial score (nSPS) is 15.7. The molecular formula is C15H16O3. The molecule has 0 aliphatic carbocycles. The fourth-order valence-electron chi connectivity index (χ4n) is 2.42. The van der Waals surface area contributed by atoms with Crippen LogP contribution in [-0.4, -0.2) is 5.11 Å². The van der Waals surface area contributed by atoms with E-state index in [-0.39, 0.29) is 0 Å². The molecule has 94 valence electrons. The Morgan fingerprint density at radius 3 is 2.89 bits per heavy atom. The number of benzene rings is 1. The van der Waals surface area contributed by atoms with E-state index in [0.717, 1.165) is 23.3 Å². The van der Waals surface area contributed by atoms with Crippen LogP contribution in [0.15, 0.2) is 34.9 Å². The van der Waals surface area contributed by atoms with E-state index in [1.54, 1.807) is 6.26 Å².